The van der Waals surface area contributed by atoms with E-state index < -0.39 is 0 Å². The minimum absolute atomic E-state index is 0.0364. The minimum Gasteiger partial charge on any atom is -0.277 e. The summed E-state index contributed by atoms with van der Waals surface area (Å²) in [5.41, 5.74) is 3.72. The van der Waals surface area contributed by atoms with E-state index in [9.17, 15) is 4.79 Å². The van der Waals surface area contributed by atoms with Gasteiger partial charge in [-0.25, -0.2) is 0 Å². The molecule has 0 radical (unpaired) electrons. The monoisotopic (exact) mass is 375 g/mol. The highest BCUT2D eigenvalue weighted by Crippen LogP contribution is 2.30. The Hall–Kier alpha value is -2.65. The van der Waals surface area contributed by atoms with Gasteiger partial charge in [-0.2, -0.15) is 0 Å². The fourth-order valence-electron chi connectivity index (χ4n) is 3.00. The van der Waals surface area contributed by atoms with Gasteiger partial charge in [0.2, 0.25) is 0 Å². The maximum atomic E-state index is 12.9. The summed E-state index contributed by atoms with van der Waals surface area (Å²) >= 11 is 3.53. The third-order valence-corrected chi connectivity index (χ3v) is 4.57. The van der Waals surface area contributed by atoms with Crippen molar-refractivity contribution in [2.24, 2.45) is 0 Å². The second-order valence-electron chi connectivity index (χ2n) is 5.59. The van der Waals surface area contributed by atoms with E-state index in [0.29, 0.717) is 0 Å². The molecule has 0 saturated carbocycles. The highest BCUT2D eigenvalue weighted by atomic mass is 79.9. The van der Waals surface area contributed by atoms with Crippen molar-refractivity contribution in [3.63, 3.8) is 0 Å². The number of halogens is 1. The van der Waals surface area contributed by atoms with Gasteiger partial charge in [0, 0.05) is 21.6 Å². The molecule has 3 heteroatoms. The molecule has 116 valence electrons. The zero-order chi connectivity index (χ0) is 16.5. The largest absolute Gasteiger partial charge is 0.277 e. The molecule has 24 heavy (non-hydrogen) atoms. The number of hydrogen-bond donors (Lipinski definition) is 0. The lowest BCUT2D eigenvalue weighted by Crippen LogP contribution is -2.18. The first kappa shape index (κ1) is 14.9. The van der Waals surface area contributed by atoms with Gasteiger partial charge in [-0.05, 0) is 35.4 Å². The summed E-state index contributed by atoms with van der Waals surface area (Å²) in [6.07, 6.45) is 0. The van der Waals surface area contributed by atoms with Gasteiger partial charge in [-0.3, -0.25) is 9.36 Å². The zero-order valence-electron chi connectivity index (χ0n) is 12.8. The Morgan fingerprint density at radius 2 is 1.42 bits per heavy atom. The van der Waals surface area contributed by atoms with E-state index >= 15 is 0 Å². The lowest BCUT2D eigenvalue weighted by Gasteiger charge is -2.14. The maximum Gasteiger partial charge on any atom is 0.256 e. The van der Waals surface area contributed by atoms with Crippen LogP contribution < -0.4 is 5.56 Å². The first-order valence-corrected chi connectivity index (χ1v) is 8.49. The van der Waals surface area contributed by atoms with Crippen LogP contribution >= 0.6 is 15.9 Å². The molecule has 0 aliphatic rings. The van der Waals surface area contributed by atoms with Crippen molar-refractivity contribution in [3.05, 3.63) is 99.8 Å². The summed E-state index contributed by atoms with van der Waals surface area (Å²) in [6.45, 7) is 0. The molecule has 4 rings (SSSR count). The molecule has 0 fully saturated rings. The third-order valence-electron chi connectivity index (χ3n) is 4.08. The Kier molecular flexibility index (Phi) is 3.79. The molecule has 4 aromatic rings. The number of fused-ring (bicyclic) bond motifs is 1. The lowest BCUT2D eigenvalue weighted by molar-refractivity contribution is 1.04. The van der Waals surface area contributed by atoms with E-state index in [0.717, 1.165) is 32.2 Å². The van der Waals surface area contributed by atoms with Crippen molar-refractivity contribution < 1.29 is 0 Å². The van der Waals surface area contributed by atoms with Gasteiger partial charge < -0.3 is 0 Å². The summed E-state index contributed by atoms with van der Waals surface area (Å²) in [5, 5.41) is 1.05. The van der Waals surface area contributed by atoms with Crippen molar-refractivity contribution in [1.29, 1.82) is 0 Å². The van der Waals surface area contributed by atoms with Crippen LogP contribution in [0.25, 0.3) is 27.7 Å². The summed E-state index contributed by atoms with van der Waals surface area (Å²) in [6, 6.07) is 27.5. The first-order chi connectivity index (χ1) is 11.7. The van der Waals surface area contributed by atoms with Crippen molar-refractivity contribution in [2.45, 2.75) is 0 Å². The molecule has 0 bridgehead atoms. The molecule has 0 aliphatic carbocycles. The Bertz CT molecular complexity index is 1070. The molecular formula is C21H14BrNO. The van der Waals surface area contributed by atoms with Crippen LogP contribution in [-0.4, -0.2) is 4.57 Å². The van der Waals surface area contributed by atoms with Crippen LogP contribution in [0, 0.1) is 0 Å². The number of nitrogens with zero attached hydrogens (tertiary/aromatic N) is 1. The van der Waals surface area contributed by atoms with Crippen LogP contribution in [-0.2, 0) is 0 Å². The average Bonchev–Trinajstić information content (AvgIpc) is 2.62. The van der Waals surface area contributed by atoms with Crippen molar-refractivity contribution >= 4 is 26.8 Å². The van der Waals surface area contributed by atoms with Crippen molar-refractivity contribution in [2.75, 3.05) is 0 Å². The second kappa shape index (κ2) is 6.10. The normalized spacial score (nSPS) is 10.9. The van der Waals surface area contributed by atoms with Crippen LogP contribution in [0.2, 0.25) is 0 Å². The number of hydrogen-bond acceptors (Lipinski definition) is 1. The number of rotatable bonds is 2. The predicted molar refractivity (Wildman–Crippen MR) is 103 cm³/mol. The molecule has 0 atom stereocenters. The molecule has 0 saturated heterocycles. The summed E-state index contributed by atoms with van der Waals surface area (Å²) in [5.74, 6) is 0. The van der Waals surface area contributed by atoms with E-state index in [2.05, 4.69) is 22.0 Å². The number of benzene rings is 3. The number of pyridine rings is 1. The van der Waals surface area contributed by atoms with E-state index in [1.807, 2.05) is 72.8 Å². The number of para-hydroxylation sites is 1. The van der Waals surface area contributed by atoms with Gasteiger partial charge in [0.1, 0.15) is 0 Å². The van der Waals surface area contributed by atoms with Crippen LogP contribution in [0.15, 0.2) is 94.2 Å². The topological polar surface area (TPSA) is 22.0 Å². The van der Waals surface area contributed by atoms with Crippen LogP contribution in [0.1, 0.15) is 0 Å². The van der Waals surface area contributed by atoms with E-state index in [4.69, 9.17) is 0 Å². The molecule has 0 amide bonds. The molecule has 3 aromatic carbocycles. The Morgan fingerprint density at radius 3 is 2.12 bits per heavy atom. The van der Waals surface area contributed by atoms with Gasteiger partial charge in [-0.15, -0.1) is 0 Å². The highest BCUT2D eigenvalue weighted by Gasteiger charge is 2.12. The van der Waals surface area contributed by atoms with E-state index in [-0.39, 0.29) is 5.56 Å². The molecule has 0 aliphatic heterocycles. The lowest BCUT2D eigenvalue weighted by atomic mass is 10.0. The Labute approximate surface area is 148 Å². The molecule has 0 spiro atoms. The van der Waals surface area contributed by atoms with Crippen LogP contribution in [0.4, 0.5) is 0 Å². The number of aromatic nitrogens is 1. The first-order valence-electron chi connectivity index (χ1n) is 7.70. The van der Waals surface area contributed by atoms with E-state index in [1.165, 1.54) is 0 Å². The fourth-order valence-corrected chi connectivity index (χ4v) is 3.35. The summed E-state index contributed by atoms with van der Waals surface area (Å²) in [4.78, 5) is 12.9. The van der Waals surface area contributed by atoms with Crippen molar-refractivity contribution in [3.8, 4) is 16.8 Å². The Balaban J connectivity index is 2.12. The SMILES string of the molecule is O=c1cc(-c2ccccc2)c2ccc(Br)cc2n1-c1ccccc1. The predicted octanol–water partition coefficient (Wildman–Crippen LogP) is 5.42. The average molecular weight is 376 g/mol. The van der Waals surface area contributed by atoms with Crippen LogP contribution in [0.3, 0.4) is 0 Å². The molecule has 1 aromatic heterocycles. The second-order valence-corrected chi connectivity index (χ2v) is 6.51. The van der Waals surface area contributed by atoms with Gasteiger partial charge >= 0.3 is 0 Å². The summed E-state index contributed by atoms with van der Waals surface area (Å²) in [7, 11) is 0. The highest BCUT2D eigenvalue weighted by molar-refractivity contribution is 9.10. The summed E-state index contributed by atoms with van der Waals surface area (Å²) < 4.78 is 2.70. The van der Waals surface area contributed by atoms with Gasteiger partial charge in [0.05, 0.1) is 5.52 Å². The van der Waals surface area contributed by atoms with Gasteiger partial charge in [-0.1, -0.05) is 70.5 Å². The minimum atomic E-state index is -0.0364. The van der Waals surface area contributed by atoms with Crippen molar-refractivity contribution in [1.82, 2.24) is 4.57 Å². The molecule has 1 heterocycles. The van der Waals surface area contributed by atoms with Gasteiger partial charge in [0.25, 0.3) is 5.56 Å². The van der Waals surface area contributed by atoms with E-state index in [1.54, 1.807) is 10.6 Å². The third kappa shape index (κ3) is 2.57. The van der Waals surface area contributed by atoms with Crippen LogP contribution in [0.5, 0.6) is 0 Å². The quantitative estimate of drug-likeness (QED) is 0.458. The zero-order valence-corrected chi connectivity index (χ0v) is 14.4. The molecule has 0 unspecified atom stereocenters. The molecule has 0 N–H and O–H groups in total. The molecule has 2 nitrogen and oxygen atoms in total. The van der Waals surface area contributed by atoms with Gasteiger partial charge in [0.15, 0.2) is 0 Å². The smallest absolute Gasteiger partial charge is 0.256 e. The standard InChI is InChI=1S/C21H14BrNO/c22-16-11-12-18-19(15-7-3-1-4-8-15)14-21(24)23(20(18)13-16)17-9-5-2-6-10-17/h1-14H. The fraction of sp³-hybridized carbons (Fsp3) is 0. The molecular weight excluding hydrogens is 362 g/mol. The Morgan fingerprint density at radius 1 is 0.750 bits per heavy atom. The maximum absolute atomic E-state index is 12.9.